The van der Waals surface area contributed by atoms with E-state index < -0.39 is 17.4 Å². The minimum absolute atomic E-state index is 0.0423. The molecule has 0 fully saturated rings. The first-order valence-corrected chi connectivity index (χ1v) is 6.74. The van der Waals surface area contributed by atoms with Crippen molar-refractivity contribution in [1.82, 2.24) is 5.32 Å². The van der Waals surface area contributed by atoms with Crippen LogP contribution in [0.5, 0.6) is 5.75 Å². The first kappa shape index (κ1) is 17.9. The molecule has 1 aromatic rings. The van der Waals surface area contributed by atoms with Crippen molar-refractivity contribution >= 4 is 17.5 Å². The zero-order valence-corrected chi connectivity index (χ0v) is 13.2. The Bertz CT molecular complexity index is 543. The van der Waals surface area contributed by atoms with E-state index in [-0.39, 0.29) is 13.2 Å². The summed E-state index contributed by atoms with van der Waals surface area (Å²) in [6.45, 7) is 3.30. The van der Waals surface area contributed by atoms with Crippen molar-refractivity contribution in [3.63, 3.8) is 0 Å². The van der Waals surface area contributed by atoms with Crippen molar-refractivity contribution in [3.8, 4) is 5.75 Å². The van der Waals surface area contributed by atoms with E-state index in [0.717, 1.165) is 5.56 Å². The van der Waals surface area contributed by atoms with Crippen LogP contribution in [-0.2, 0) is 14.3 Å². The quantitative estimate of drug-likeness (QED) is 0.663. The van der Waals surface area contributed by atoms with Crippen LogP contribution in [0.1, 0.15) is 12.5 Å². The number of amides is 2. The third kappa shape index (κ3) is 5.34. The predicted molar refractivity (Wildman–Crippen MR) is 81.9 cm³/mol. The number of methoxy groups -OCH3 is 2. The lowest BCUT2D eigenvalue weighted by Crippen LogP contribution is -2.46. The largest absolute Gasteiger partial charge is 0.495 e. The van der Waals surface area contributed by atoms with E-state index in [2.05, 4.69) is 10.6 Å². The number of carbonyl (C=O) groups is 2. The third-order valence-corrected chi connectivity index (χ3v) is 2.89. The van der Waals surface area contributed by atoms with Crippen LogP contribution in [0.15, 0.2) is 18.2 Å². The Morgan fingerprint density at radius 2 is 1.95 bits per heavy atom. The summed E-state index contributed by atoms with van der Waals surface area (Å²) in [4.78, 5) is 23.6. The highest BCUT2D eigenvalue weighted by atomic mass is 16.5. The summed E-state index contributed by atoms with van der Waals surface area (Å²) in [5.41, 5.74) is 0.0805. The summed E-state index contributed by atoms with van der Waals surface area (Å²) in [5.74, 6) is -1.23. The summed E-state index contributed by atoms with van der Waals surface area (Å²) < 4.78 is 9.94. The third-order valence-electron chi connectivity index (χ3n) is 2.89. The minimum Gasteiger partial charge on any atom is -0.495 e. The normalized spacial score (nSPS) is 13.1. The fraction of sp³-hybridized carbons (Fsp3) is 0.467. The Balaban J connectivity index is 2.65. The first-order valence-electron chi connectivity index (χ1n) is 6.74. The van der Waals surface area contributed by atoms with Gasteiger partial charge in [-0.1, -0.05) is 6.07 Å². The molecule has 7 nitrogen and oxygen atoms in total. The number of benzene rings is 1. The molecule has 0 aromatic heterocycles. The molecule has 1 rings (SSSR count). The van der Waals surface area contributed by atoms with Crippen LogP contribution in [0.2, 0.25) is 0 Å². The maximum Gasteiger partial charge on any atom is 0.313 e. The standard InChI is InChI=1S/C15H22N2O5/c1-10-5-6-12(22-4)11(7-10)17-14(19)13(18)16-8-15(2,20)9-21-3/h5-7,20H,8-9H2,1-4H3,(H,16,18)(H,17,19). The highest BCUT2D eigenvalue weighted by molar-refractivity contribution is 6.39. The smallest absolute Gasteiger partial charge is 0.313 e. The molecular weight excluding hydrogens is 288 g/mol. The van der Waals surface area contributed by atoms with Gasteiger partial charge < -0.3 is 25.2 Å². The molecule has 7 heteroatoms. The van der Waals surface area contributed by atoms with Crippen LogP contribution in [0.4, 0.5) is 5.69 Å². The van der Waals surface area contributed by atoms with Gasteiger partial charge in [0.05, 0.1) is 19.4 Å². The van der Waals surface area contributed by atoms with Crippen LogP contribution in [0, 0.1) is 6.92 Å². The lowest BCUT2D eigenvalue weighted by Gasteiger charge is -2.22. The number of nitrogens with one attached hydrogen (secondary N) is 2. The number of ether oxygens (including phenoxy) is 2. The number of hydrogen-bond acceptors (Lipinski definition) is 5. The topological polar surface area (TPSA) is 96.9 Å². The monoisotopic (exact) mass is 310 g/mol. The van der Waals surface area contributed by atoms with Crippen molar-refractivity contribution < 1.29 is 24.2 Å². The van der Waals surface area contributed by atoms with Gasteiger partial charge in [0.2, 0.25) is 0 Å². The fourth-order valence-electron chi connectivity index (χ4n) is 1.81. The van der Waals surface area contributed by atoms with E-state index in [0.29, 0.717) is 11.4 Å². The fourth-order valence-corrected chi connectivity index (χ4v) is 1.81. The zero-order valence-electron chi connectivity index (χ0n) is 13.2. The summed E-state index contributed by atoms with van der Waals surface area (Å²) in [6.07, 6.45) is 0. The number of hydrogen-bond donors (Lipinski definition) is 3. The van der Waals surface area contributed by atoms with E-state index in [4.69, 9.17) is 9.47 Å². The second kappa shape index (κ2) is 7.77. The molecule has 1 aromatic carbocycles. The van der Waals surface area contributed by atoms with Gasteiger partial charge in [-0.3, -0.25) is 9.59 Å². The Kier molecular flexibility index (Phi) is 6.33. The van der Waals surface area contributed by atoms with Crippen molar-refractivity contribution in [2.45, 2.75) is 19.4 Å². The lowest BCUT2D eigenvalue weighted by atomic mass is 10.1. The molecule has 0 aliphatic rings. The van der Waals surface area contributed by atoms with Crippen molar-refractivity contribution in [2.75, 3.05) is 32.7 Å². The number of rotatable bonds is 6. The molecule has 1 unspecified atom stereocenters. The minimum atomic E-state index is -1.24. The summed E-state index contributed by atoms with van der Waals surface area (Å²) in [7, 11) is 2.91. The number of anilines is 1. The summed E-state index contributed by atoms with van der Waals surface area (Å²) >= 11 is 0. The average Bonchev–Trinajstić information content (AvgIpc) is 2.45. The van der Waals surface area contributed by atoms with Gasteiger partial charge in [-0.05, 0) is 31.5 Å². The molecule has 122 valence electrons. The molecular formula is C15H22N2O5. The van der Waals surface area contributed by atoms with Gasteiger partial charge in [-0.25, -0.2) is 0 Å². The van der Waals surface area contributed by atoms with E-state index >= 15 is 0 Å². The van der Waals surface area contributed by atoms with Crippen LogP contribution < -0.4 is 15.4 Å². The lowest BCUT2D eigenvalue weighted by molar-refractivity contribution is -0.137. The Hall–Kier alpha value is -2.12. The van der Waals surface area contributed by atoms with Crippen molar-refractivity contribution in [3.05, 3.63) is 23.8 Å². The van der Waals surface area contributed by atoms with Gasteiger partial charge in [0.1, 0.15) is 11.4 Å². The molecule has 22 heavy (non-hydrogen) atoms. The molecule has 2 amide bonds. The SMILES string of the molecule is COCC(C)(O)CNC(=O)C(=O)Nc1cc(C)ccc1OC. The molecule has 0 bridgehead atoms. The Morgan fingerprint density at radius 3 is 2.55 bits per heavy atom. The van der Waals surface area contributed by atoms with E-state index in [1.807, 2.05) is 13.0 Å². The Morgan fingerprint density at radius 1 is 1.27 bits per heavy atom. The van der Waals surface area contributed by atoms with Gasteiger partial charge in [-0.2, -0.15) is 0 Å². The molecule has 0 spiro atoms. The molecule has 0 aliphatic carbocycles. The van der Waals surface area contributed by atoms with E-state index in [1.54, 1.807) is 12.1 Å². The van der Waals surface area contributed by atoms with Crippen LogP contribution >= 0.6 is 0 Å². The van der Waals surface area contributed by atoms with E-state index in [1.165, 1.54) is 21.1 Å². The molecule has 3 N–H and O–H groups in total. The van der Waals surface area contributed by atoms with Crippen molar-refractivity contribution in [1.29, 1.82) is 0 Å². The van der Waals surface area contributed by atoms with Crippen LogP contribution in [-0.4, -0.2) is 49.9 Å². The molecule has 0 saturated heterocycles. The number of carbonyl (C=O) groups excluding carboxylic acids is 2. The van der Waals surface area contributed by atoms with Gasteiger partial charge >= 0.3 is 11.8 Å². The second-order valence-corrected chi connectivity index (χ2v) is 5.27. The Labute approximate surface area is 129 Å². The van der Waals surface area contributed by atoms with Gasteiger partial charge in [0.15, 0.2) is 0 Å². The van der Waals surface area contributed by atoms with Crippen LogP contribution in [0.3, 0.4) is 0 Å². The van der Waals surface area contributed by atoms with Crippen LogP contribution in [0.25, 0.3) is 0 Å². The second-order valence-electron chi connectivity index (χ2n) is 5.27. The summed E-state index contributed by atoms with van der Waals surface area (Å²) in [6, 6.07) is 5.23. The number of aliphatic hydroxyl groups is 1. The molecule has 1 atom stereocenters. The maximum absolute atomic E-state index is 11.9. The zero-order chi connectivity index (χ0) is 16.8. The number of aryl methyl sites for hydroxylation is 1. The van der Waals surface area contributed by atoms with Gasteiger partial charge in [-0.15, -0.1) is 0 Å². The first-order chi connectivity index (χ1) is 10.3. The van der Waals surface area contributed by atoms with Gasteiger partial charge in [0.25, 0.3) is 0 Å². The highest BCUT2D eigenvalue weighted by Gasteiger charge is 2.23. The molecule has 0 radical (unpaired) electrons. The van der Waals surface area contributed by atoms with Crippen molar-refractivity contribution in [2.24, 2.45) is 0 Å². The summed E-state index contributed by atoms with van der Waals surface area (Å²) in [5, 5.41) is 14.7. The van der Waals surface area contributed by atoms with Gasteiger partial charge in [0, 0.05) is 13.7 Å². The molecule has 0 heterocycles. The average molecular weight is 310 g/mol. The maximum atomic E-state index is 11.9. The molecule has 0 saturated carbocycles. The van der Waals surface area contributed by atoms with E-state index in [9.17, 15) is 14.7 Å². The molecule has 0 aliphatic heterocycles. The highest BCUT2D eigenvalue weighted by Crippen LogP contribution is 2.24. The predicted octanol–water partition coefficient (Wildman–Crippen LogP) is 0.456.